The molecule has 1 aliphatic carbocycles. The molecule has 2 heteroatoms. The lowest BCUT2D eigenvalue weighted by Gasteiger charge is -2.17. The molecular weight excluding hydrogens is 222 g/mol. The second-order valence-electron chi connectivity index (χ2n) is 5.73. The molecule has 1 saturated carbocycles. The SMILES string of the molecule is CCC1(CNCc2ccccc2OC(C)C)CC1. The van der Waals surface area contributed by atoms with Gasteiger partial charge in [0.05, 0.1) is 6.10 Å². The van der Waals surface area contributed by atoms with Gasteiger partial charge in [0.15, 0.2) is 0 Å². The number of ether oxygens (including phenoxy) is 1. The summed E-state index contributed by atoms with van der Waals surface area (Å²) in [5.74, 6) is 1.02. The van der Waals surface area contributed by atoms with Crippen molar-refractivity contribution in [2.45, 2.75) is 52.7 Å². The lowest BCUT2D eigenvalue weighted by atomic mass is 10.0. The van der Waals surface area contributed by atoms with Crippen molar-refractivity contribution in [3.05, 3.63) is 29.8 Å². The van der Waals surface area contributed by atoms with Crippen LogP contribution in [0.4, 0.5) is 0 Å². The minimum atomic E-state index is 0.233. The maximum Gasteiger partial charge on any atom is 0.124 e. The van der Waals surface area contributed by atoms with Crippen molar-refractivity contribution in [3.63, 3.8) is 0 Å². The van der Waals surface area contributed by atoms with Crippen LogP contribution in [-0.4, -0.2) is 12.6 Å². The first kappa shape index (κ1) is 13.4. The van der Waals surface area contributed by atoms with Crippen molar-refractivity contribution in [2.24, 2.45) is 5.41 Å². The van der Waals surface area contributed by atoms with Gasteiger partial charge in [-0.05, 0) is 44.6 Å². The fraction of sp³-hybridized carbons (Fsp3) is 0.625. The van der Waals surface area contributed by atoms with E-state index in [-0.39, 0.29) is 6.10 Å². The molecule has 2 nitrogen and oxygen atoms in total. The van der Waals surface area contributed by atoms with E-state index in [9.17, 15) is 0 Å². The Hall–Kier alpha value is -1.02. The summed E-state index contributed by atoms with van der Waals surface area (Å²) in [6.45, 7) is 8.48. The van der Waals surface area contributed by atoms with E-state index in [4.69, 9.17) is 4.74 Å². The third kappa shape index (κ3) is 3.49. The van der Waals surface area contributed by atoms with Gasteiger partial charge in [0.2, 0.25) is 0 Å². The monoisotopic (exact) mass is 247 g/mol. The largest absolute Gasteiger partial charge is 0.491 e. The zero-order chi connectivity index (χ0) is 13.0. The predicted octanol–water partition coefficient (Wildman–Crippen LogP) is 3.75. The van der Waals surface area contributed by atoms with Gasteiger partial charge in [-0.15, -0.1) is 0 Å². The van der Waals surface area contributed by atoms with E-state index in [0.717, 1.165) is 18.8 Å². The maximum atomic E-state index is 5.83. The highest BCUT2D eigenvalue weighted by atomic mass is 16.5. The average molecular weight is 247 g/mol. The van der Waals surface area contributed by atoms with Crippen LogP contribution in [0.3, 0.4) is 0 Å². The Morgan fingerprint density at radius 2 is 2.00 bits per heavy atom. The highest BCUT2D eigenvalue weighted by Gasteiger charge is 2.39. The molecule has 0 aliphatic heterocycles. The van der Waals surface area contributed by atoms with E-state index >= 15 is 0 Å². The minimum Gasteiger partial charge on any atom is -0.491 e. The molecule has 1 aliphatic rings. The highest BCUT2D eigenvalue weighted by Crippen LogP contribution is 2.47. The second-order valence-corrected chi connectivity index (χ2v) is 5.73. The first-order valence-corrected chi connectivity index (χ1v) is 7.10. The number of benzene rings is 1. The van der Waals surface area contributed by atoms with Crippen molar-refractivity contribution < 1.29 is 4.74 Å². The van der Waals surface area contributed by atoms with Gasteiger partial charge in [-0.1, -0.05) is 25.1 Å². The lowest BCUT2D eigenvalue weighted by molar-refractivity contribution is 0.239. The molecule has 18 heavy (non-hydrogen) atoms. The van der Waals surface area contributed by atoms with Crippen LogP contribution in [0.5, 0.6) is 5.75 Å². The van der Waals surface area contributed by atoms with Crippen molar-refractivity contribution in [1.29, 1.82) is 0 Å². The van der Waals surface area contributed by atoms with Gasteiger partial charge in [0.1, 0.15) is 5.75 Å². The summed E-state index contributed by atoms with van der Waals surface area (Å²) in [6, 6.07) is 8.33. The van der Waals surface area contributed by atoms with Crippen LogP contribution in [0.15, 0.2) is 24.3 Å². The zero-order valence-corrected chi connectivity index (χ0v) is 11.8. The van der Waals surface area contributed by atoms with Crippen molar-refractivity contribution in [1.82, 2.24) is 5.32 Å². The molecule has 0 saturated heterocycles. The lowest BCUT2D eigenvalue weighted by Crippen LogP contribution is -2.23. The number of rotatable bonds is 7. The van der Waals surface area contributed by atoms with E-state index < -0.39 is 0 Å². The van der Waals surface area contributed by atoms with Gasteiger partial charge in [-0.3, -0.25) is 0 Å². The first-order chi connectivity index (χ1) is 8.65. The Bertz CT molecular complexity index is 382. The van der Waals surface area contributed by atoms with E-state index in [2.05, 4.69) is 44.3 Å². The summed E-state index contributed by atoms with van der Waals surface area (Å²) >= 11 is 0. The van der Waals surface area contributed by atoms with Crippen molar-refractivity contribution in [2.75, 3.05) is 6.54 Å². The normalized spacial score (nSPS) is 16.9. The Morgan fingerprint density at radius 3 is 2.61 bits per heavy atom. The van der Waals surface area contributed by atoms with Gasteiger partial charge < -0.3 is 10.1 Å². The molecule has 0 unspecified atom stereocenters. The Balaban J connectivity index is 1.88. The number of hydrogen-bond acceptors (Lipinski definition) is 2. The molecule has 1 aromatic carbocycles. The summed E-state index contributed by atoms with van der Waals surface area (Å²) in [5, 5.41) is 3.59. The van der Waals surface area contributed by atoms with Crippen molar-refractivity contribution >= 4 is 0 Å². The first-order valence-electron chi connectivity index (χ1n) is 7.10. The fourth-order valence-corrected chi connectivity index (χ4v) is 2.31. The van der Waals surface area contributed by atoms with Crippen LogP contribution in [0.1, 0.15) is 45.6 Å². The molecule has 0 spiro atoms. The van der Waals surface area contributed by atoms with Crippen LogP contribution in [0.2, 0.25) is 0 Å². The van der Waals surface area contributed by atoms with E-state index in [1.807, 2.05) is 6.07 Å². The molecule has 0 aromatic heterocycles. The molecule has 1 fully saturated rings. The Labute approximate surface area is 111 Å². The minimum absolute atomic E-state index is 0.233. The summed E-state index contributed by atoms with van der Waals surface area (Å²) in [6.07, 6.45) is 4.31. The molecule has 0 atom stereocenters. The zero-order valence-electron chi connectivity index (χ0n) is 11.8. The molecule has 0 radical (unpaired) electrons. The topological polar surface area (TPSA) is 21.3 Å². The van der Waals surface area contributed by atoms with Crippen LogP contribution < -0.4 is 10.1 Å². The summed E-state index contributed by atoms with van der Waals surface area (Å²) < 4.78 is 5.83. The third-order valence-corrected chi connectivity index (χ3v) is 3.86. The van der Waals surface area contributed by atoms with Crippen LogP contribution in [0, 0.1) is 5.41 Å². The summed E-state index contributed by atoms with van der Waals surface area (Å²) in [4.78, 5) is 0. The van der Waals surface area contributed by atoms with Crippen molar-refractivity contribution in [3.8, 4) is 5.75 Å². The number of nitrogens with one attached hydrogen (secondary N) is 1. The van der Waals surface area contributed by atoms with Gasteiger partial charge in [0.25, 0.3) is 0 Å². The van der Waals surface area contributed by atoms with Gasteiger partial charge >= 0.3 is 0 Å². The Kier molecular flexibility index (Phi) is 4.28. The highest BCUT2D eigenvalue weighted by molar-refractivity contribution is 5.33. The Morgan fingerprint density at radius 1 is 1.28 bits per heavy atom. The van der Waals surface area contributed by atoms with Gasteiger partial charge in [-0.25, -0.2) is 0 Å². The number of para-hydroxylation sites is 1. The van der Waals surface area contributed by atoms with Crippen LogP contribution >= 0.6 is 0 Å². The van der Waals surface area contributed by atoms with Gasteiger partial charge in [-0.2, -0.15) is 0 Å². The predicted molar refractivity (Wildman–Crippen MR) is 75.9 cm³/mol. The van der Waals surface area contributed by atoms with E-state index in [1.54, 1.807) is 0 Å². The third-order valence-electron chi connectivity index (χ3n) is 3.86. The molecule has 2 rings (SSSR count). The molecule has 1 aromatic rings. The quantitative estimate of drug-likeness (QED) is 0.792. The summed E-state index contributed by atoms with van der Waals surface area (Å²) in [5.41, 5.74) is 1.87. The molecule has 0 amide bonds. The van der Waals surface area contributed by atoms with E-state index in [1.165, 1.54) is 24.8 Å². The second kappa shape index (κ2) is 5.75. The summed E-state index contributed by atoms with van der Waals surface area (Å²) in [7, 11) is 0. The van der Waals surface area contributed by atoms with E-state index in [0.29, 0.717) is 5.41 Å². The van der Waals surface area contributed by atoms with Crippen LogP contribution in [0.25, 0.3) is 0 Å². The van der Waals surface area contributed by atoms with Gasteiger partial charge in [0, 0.05) is 18.7 Å². The molecule has 1 N–H and O–H groups in total. The molecule has 100 valence electrons. The molecular formula is C16H25NO. The number of hydrogen-bond donors (Lipinski definition) is 1. The average Bonchev–Trinajstić information content (AvgIpc) is 3.11. The fourth-order valence-electron chi connectivity index (χ4n) is 2.31. The standard InChI is InChI=1S/C16H25NO/c1-4-16(9-10-16)12-17-11-14-7-5-6-8-15(14)18-13(2)3/h5-8,13,17H,4,9-12H2,1-3H3. The molecule has 0 bridgehead atoms. The molecule has 0 heterocycles. The maximum absolute atomic E-state index is 5.83. The van der Waals surface area contributed by atoms with Crippen LogP contribution in [-0.2, 0) is 6.54 Å². The smallest absolute Gasteiger partial charge is 0.124 e.